The van der Waals surface area contributed by atoms with Crippen LogP contribution in [-0.2, 0) is 22.7 Å². The van der Waals surface area contributed by atoms with Crippen LogP contribution in [0.15, 0.2) is 54.6 Å². The van der Waals surface area contributed by atoms with Gasteiger partial charge in [0.1, 0.15) is 0 Å². The molecule has 0 aromatic heterocycles. The third-order valence-corrected chi connectivity index (χ3v) is 5.91. The fourth-order valence-corrected chi connectivity index (χ4v) is 4.30. The van der Waals surface area contributed by atoms with Gasteiger partial charge < -0.3 is 10.2 Å². The molecule has 2 aromatic carbocycles. The Morgan fingerprint density at radius 1 is 0.966 bits per heavy atom. The van der Waals surface area contributed by atoms with E-state index >= 15 is 0 Å². The summed E-state index contributed by atoms with van der Waals surface area (Å²) >= 11 is 0. The first-order valence-electron chi connectivity index (χ1n) is 10.6. The lowest BCUT2D eigenvalue weighted by molar-refractivity contribution is -0.127. The van der Waals surface area contributed by atoms with Gasteiger partial charge >= 0.3 is 0 Å². The fraction of sp³-hybridized carbons (Fsp3) is 0.417. The maximum absolute atomic E-state index is 12.7. The quantitative estimate of drug-likeness (QED) is 0.822. The Balaban J connectivity index is 1.27. The Morgan fingerprint density at radius 2 is 1.76 bits per heavy atom. The van der Waals surface area contributed by atoms with E-state index in [1.807, 2.05) is 35.2 Å². The highest BCUT2D eigenvalue weighted by Crippen LogP contribution is 2.22. The summed E-state index contributed by atoms with van der Waals surface area (Å²) in [5, 5.41) is 3.10. The van der Waals surface area contributed by atoms with Gasteiger partial charge in [-0.2, -0.15) is 0 Å². The van der Waals surface area contributed by atoms with Gasteiger partial charge in [-0.25, -0.2) is 0 Å². The maximum atomic E-state index is 12.7. The monoisotopic (exact) mass is 391 g/mol. The van der Waals surface area contributed by atoms with E-state index < -0.39 is 0 Å². The Kier molecular flexibility index (Phi) is 6.25. The molecule has 1 N–H and O–H groups in total. The highest BCUT2D eigenvalue weighted by atomic mass is 16.2. The van der Waals surface area contributed by atoms with Crippen LogP contribution >= 0.6 is 0 Å². The molecular formula is C24H29N3O2. The molecule has 5 nitrogen and oxygen atoms in total. The number of carbonyl (C=O) groups excluding carboxylic acids is 2. The van der Waals surface area contributed by atoms with E-state index in [2.05, 4.69) is 34.5 Å². The SMILES string of the molecule is O=C(NCc1ccc(N2CCCC2=O)cc1)C1CCCN(Cc2ccccc2)C1. The predicted molar refractivity (Wildman–Crippen MR) is 114 cm³/mol. The fourth-order valence-electron chi connectivity index (χ4n) is 4.30. The number of anilines is 1. The number of nitrogens with one attached hydrogen (secondary N) is 1. The standard InChI is InChI=1S/C24H29N3O2/c28-23-9-5-15-27(23)22-12-10-19(11-13-22)16-25-24(29)21-8-4-14-26(18-21)17-20-6-2-1-3-7-20/h1-3,6-7,10-13,21H,4-5,8-9,14-18H2,(H,25,29). The molecule has 152 valence electrons. The number of hydrogen-bond acceptors (Lipinski definition) is 3. The molecule has 1 atom stereocenters. The first-order chi connectivity index (χ1) is 14.2. The number of piperidine rings is 1. The lowest BCUT2D eigenvalue weighted by Gasteiger charge is -2.32. The smallest absolute Gasteiger partial charge is 0.227 e. The first-order valence-corrected chi connectivity index (χ1v) is 10.6. The van der Waals surface area contributed by atoms with Crippen molar-refractivity contribution in [1.82, 2.24) is 10.2 Å². The second kappa shape index (κ2) is 9.23. The molecule has 4 rings (SSSR count). The summed E-state index contributed by atoms with van der Waals surface area (Å²) in [5.41, 5.74) is 3.31. The topological polar surface area (TPSA) is 52.7 Å². The number of likely N-dealkylation sites (tertiary alicyclic amines) is 1. The van der Waals surface area contributed by atoms with Gasteiger partial charge in [-0.05, 0) is 49.1 Å². The zero-order valence-corrected chi connectivity index (χ0v) is 16.8. The van der Waals surface area contributed by atoms with Gasteiger partial charge in [0.25, 0.3) is 0 Å². The lowest BCUT2D eigenvalue weighted by atomic mass is 9.96. The molecule has 0 bridgehead atoms. The van der Waals surface area contributed by atoms with E-state index in [0.29, 0.717) is 13.0 Å². The van der Waals surface area contributed by atoms with Crippen LogP contribution in [-0.4, -0.2) is 36.3 Å². The summed E-state index contributed by atoms with van der Waals surface area (Å²) in [6, 6.07) is 18.4. The number of nitrogens with zero attached hydrogens (tertiary/aromatic N) is 2. The highest BCUT2D eigenvalue weighted by molar-refractivity contribution is 5.95. The number of hydrogen-bond donors (Lipinski definition) is 1. The van der Waals surface area contributed by atoms with Crippen LogP contribution < -0.4 is 10.2 Å². The van der Waals surface area contributed by atoms with E-state index in [1.54, 1.807) is 0 Å². The van der Waals surface area contributed by atoms with E-state index in [-0.39, 0.29) is 17.7 Å². The molecule has 0 saturated carbocycles. The van der Waals surface area contributed by atoms with Gasteiger partial charge in [-0.1, -0.05) is 42.5 Å². The molecule has 5 heteroatoms. The molecule has 2 amide bonds. The van der Waals surface area contributed by atoms with Gasteiger partial charge in [0.15, 0.2) is 0 Å². The van der Waals surface area contributed by atoms with Crippen LogP contribution in [0.2, 0.25) is 0 Å². The second-order valence-electron chi connectivity index (χ2n) is 8.09. The Hall–Kier alpha value is -2.66. The Morgan fingerprint density at radius 3 is 2.48 bits per heavy atom. The number of benzene rings is 2. The van der Waals surface area contributed by atoms with E-state index in [4.69, 9.17) is 0 Å². The maximum Gasteiger partial charge on any atom is 0.227 e. The van der Waals surface area contributed by atoms with E-state index in [1.165, 1.54) is 5.56 Å². The van der Waals surface area contributed by atoms with Crippen molar-refractivity contribution in [3.05, 3.63) is 65.7 Å². The van der Waals surface area contributed by atoms with Crippen molar-refractivity contribution in [3.8, 4) is 0 Å². The van der Waals surface area contributed by atoms with Gasteiger partial charge in [-0.15, -0.1) is 0 Å². The zero-order valence-electron chi connectivity index (χ0n) is 16.8. The summed E-state index contributed by atoms with van der Waals surface area (Å²) in [6.45, 7) is 4.10. The summed E-state index contributed by atoms with van der Waals surface area (Å²) in [6.07, 6.45) is 3.58. The van der Waals surface area contributed by atoms with Gasteiger partial charge in [-0.3, -0.25) is 14.5 Å². The lowest BCUT2D eigenvalue weighted by Crippen LogP contribution is -2.42. The van der Waals surface area contributed by atoms with Gasteiger partial charge in [0.05, 0.1) is 5.92 Å². The molecule has 2 fully saturated rings. The van der Waals surface area contributed by atoms with Crippen molar-refractivity contribution in [2.75, 3.05) is 24.5 Å². The molecule has 2 aromatic rings. The largest absolute Gasteiger partial charge is 0.352 e. The van der Waals surface area contributed by atoms with Crippen LogP contribution in [0.25, 0.3) is 0 Å². The van der Waals surface area contributed by atoms with Crippen LogP contribution in [0, 0.1) is 5.92 Å². The van der Waals surface area contributed by atoms with Crippen molar-refractivity contribution in [2.45, 2.75) is 38.8 Å². The average Bonchev–Trinajstić information content (AvgIpc) is 3.19. The summed E-state index contributed by atoms with van der Waals surface area (Å²) in [7, 11) is 0. The highest BCUT2D eigenvalue weighted by Gasteiger charge is 2.25. The number of rotatable bonds is 6. The average molecular weight is 392 g/mol. The van der Waals surface area contributed by atoms with Crippen molar-refractivity contribution >= 4 is 17.5 Å². The van der Waals surface area contributed by atoms with Crippen molar-refractivity contribution in [2.24, 2.45) is 5.92 Å². The Bertz CT molecular complexity index is 835. The van der Waals surface area contributed by atoms with Crippen molar-refractivity contribution in [3.63, 3.8) is 0 Å². The molecule has 0 spiro atoms. The molecule has 0 radical (unpaired) electrons. The number of amides is 2. The summed E-state index contributed by atoms with van der Waals surface area (Å²) < 4.78 is 0. The molecule has 2 saturated heterocycles. The van der Waals surface area contributed by atoms with Crippen molar-refractivity contribution < 1.29 is 9.59 Å². The molecule has 2 aliphatic heterocycles. The normalized spacial score (nSPS) is 20.1. The molecule has 0 aliphatic carbocycles. The molecule has 29 heavy (non-hydrogen) atoms. The van der Waals surface area contributed by atoms with Crippen LogP contribution in [0.4, 0.5) is 5.69 Å². The van der Waals surface area contributed by atoms with E-state index in [9.17, 15) is 9.59 Å². The molecule has 2 heterocycles. The third-order valence-electron chi connectivity index (χ3n) is 5.91. The van der Waals surface area contributed by atoms with Crippen LogP contribution in [0.1, 0.15) is 36.8 Å². The minimum atomic E-state index is 0.0500. The molecule has 2 aliphatic rings. The zero-order chi connectivity index (χ0) is 20.1. The predicted octanol–water partition coefficient (Wildman–Crippen LogP) is 3.34. The minimum absolute atomic E-state index is 0.0500. The number of carbonyl (C=O) groups is 2. The minimum Gasteiger partial charge on any atom is -0.352 e. The second-order valence-corrected chi connectivity index (χ2v) is 8.09. The summed E-state index contributed by atoms with van der Waals surface area (Å²) in [4.78, 5) is 28.8. The van der Waals surface area contributed by atoms with Gasteiger partial charge in [0.2, 0.25) is 11.8 Å². The summed E-state index contributed by atoms with van der Waals surface area (Å²) in [5.74, 6) is 0.388. The van der Waals surface area contributed by atoms with Crippen LogP contribution in [0.3, 0.4) is 0 Å². The van der Waals surface area contributed by atoms with Crippen LogP contribution in [0.5, 0.6) is 0 Å². The van der Waals surface area contributed by atoms with Gasteiger partial charge in [0, 0.05) is 38.3 Å². The molecule has 1 unspecified atom stereocenters. The Labute approximate surface area is 172 Å². The van der Waals surface area contributed by atoms with Crippen molar-refractivity contribution in [1.29, 1.82) is 0 Å². The van der Waals surface area contributed by atoms with E-state index in [0.717, 1.165) is 56.7 Å². The molecular weight excluding hydrogens is 362 g/mol. The third kappa shape index (κ3) is 5.04. The first kappa shape index (κ1) is 19.6.